The van der Waals surface area contributed by atoms with Crippen molar-refractivity contribution in [3.8, 4) is 0 Å². The Morgan fingerprint density at radius 2 is 1.40 bits per heavy atom. The number of ether oxygens (including phenoxy) is 2. The Bertz CT molecular complexity index is 337. The van der Waals surface area contributed by atoms with Gasteiger partial charge in [0.2, 0.25) is 0 Å². The van der Waals surface area contributed by atoms with Crippen LogP contribution in [0.15, 0.2) is 18.2 Å². The lowest BCUT2D eigenvalue weighted by Crippen LogP contribution is -2.13. The van der Waals surface area contributed by atoms with Gasteiger partial charge in [0, 0.05) is 11.6 Å². The summed E-state index contributed by atoms with van der Waals surface area (Å²) in [5.41, 5.74) is 0.378. The van der Waals surface area contributed by atoms with E-state index in [4.69, 9.17) is 9.47 Å². The summed E-state index contributed by atoms with van der Waals surface area (Å²) in [6.45, 7) is 3.72. The largest absolute Gasteiger partial charge is 0.343 e. The molecule has 0 N–H and O–H groups in total. The fourth-order valence-electron chi connectivity index (χ4n) is 1.51. The molecule has 0 amide bonds. The minimum atomic E-state index is -0.666. The topological polar surface area (TPSA) is 18.5 Å². The molecular formula is C11H12F2O2. The third kappa shape index (κ3) is 2.16. The smallest absolute Gasteiger partial charge is 0.184 e. The van der Waals surface area contributed by atoms with Crippen LogP contribution >= 0.6 is 0 Å². The maximum Gasteiger partial charge on any atom is 0.184 e. The van der Waals surface area contributed by atoms with Crippen LogP contribution in [-0.4, -0.2) is 12.2 Å². The number of halogens is 2. The van der Waals surface area contributed by atoms with Gasteiger partial charge in [0.25, 0.3) is 0 Å². The van der Waals surface area contributed by atoms with Gasteiger partial charge in [0.15, 0.2) is 6.29 Å². The average molecular weight is 214 g/mol. The quantitative estimate of drug-likeness (QED) is 0.715. The Morgan fingerprint density at radius 1 is 0.933 bits per heavy atom. The number of hydrogen-bond acceptors (Lipinski definition) is 2. The Labute approximate surface area is 86.8 Å². The fourth-order valence-corrected chi connectivity index (χ4v) is 1.51. The fraction of sp³-hybridized carbons (Fsp3) is 0.455. The van der Waals surface area contributed by atoms with Gasteiger partial charge in [0.1, 0.15) is 11.6 Å². The van der Waals surface area contributed by atoms with E-state index in [0.29, 0.717) is 5.56 Å². The van der Waals surface area contributed by atoms with Crippen molar-refractivity contribution < 1.29 is 18.3 Å². The highest BCUT2D eigenvalue weighted by molar-refractivity contribution is 5.19. The molecule has 1 saturated heterocycles. The normalized spacial score (nSPS) is 27.2. The highest BCUT2D eigenvalue weighted by Crippen LogP contribution is 2.31. The predicted molar refractivity (Wildman–Crippen MR) is 50.2 cm³/mol. The van der Waals surface area contributed by atoms with Crippen molar-refractivity contribution in [2.45, 2.75) is 32.3 Å². The first-order chi connectivity index (χ1) is 7.06. The van der Waals surface area contributed by atoms with Gasteiger partial charge in [-0.25, -0.2) is 8.78 Å². The summed E-state index contributed by atoms with van der Waals surface area (Å²) in [5, 5.41) is 0. The predicted octanol–water partition coefficient (Wildman–Crippen LogP) is 2.79. The molecule has 0 unspecified atom stereocenters. The number of hydrogen-bond donors (Lipinski definition) is 0. The minimum Gasteiger partial charge on any atom is -0.343 e. The maximum atomic E-state index is 12.9. The summed E-state index contributed by atoms with van der Waals surface area (Å²) < 4.78 is 36.7. The van der Waals surface area contributed by atoms with Crippen LogP contribution in [0.4, 0.5) is 8.78 Å². The first kappa shape index (κ1) is 10.5. The standard InChI is InChI=1S/C11H12F2O2/c1-6-7(2)15-11(14-6)8-3-9(12)5-10(13)4-8/h3-7,11H,1-2H3/t6-,7-/m1/s1. The lowest BCUT2D eigenvalue weighted by Gasteiger charge is -2.10. The Morgan fingerprint density at radius 3 is 1.87 bits per heavy atom. The zero-order chi connectivity index (χ0) is 11.0. The number of rotatable bonds is 1. The molecule has 0 aromatic heterocycles. The summed E-state index contributed by atoms with van der Waals surface area (Å²) in [6.07, 6.45) is -0.803. The zero-order valence-corrected chi connectivity index (χ0v) is 8.54. The second-order valence-electron chi connectivity index (χ2n) is 3.72. The van der Waals surface area contributed by atoms with E-state index in [9.17, 15) is 8.78 Å². The molecule has 0 spiro atoms. The molecule has 1 aliphatic rings. The first-order valence-electron chi connectivity index (χ1n) is 4.83. The van der Waals surface area contributed by atoms with Gasteiger partial charge in [0.05, 0.1) is 12.2 Å². The molecule has 0 bridgehead atoms. The molecular weight excluding hydrogens is 202 g/mol. The summed E-state index contributed by atoms with van der Waals surface area (Å²) in [7, 11) is 0. The van der Waals surface area contributed by atoms with E-state index in [-0.39, 0.29) is 12.2 Å². The van der Waals surface area contributed by atoms with Crippen molar-refractivity contribution in [2.24, 2.45) is 0 Å². The first-order valence-corrected chi connectivity index (χ1v) is 4.83. The molecule has 1 heterocycles. The van der Waals surface area contributed by atoms with Crippen molar-refractivity contribution in [2.75, 3.05) is 0 Å². The van der Waals surface area contributed by atoms with Crippen LogP contribution in [-0.2, 0) is 9.47 Å². The summed E-state index contributed by atoms with van der Waals surface area (Å²) in [4.78, 5) is 0. The molecule has 0 radical (unpaired) electrons. The molecule has 15 heavy (non-hydrogen) atoms. The van der Waals surface area contributed by atoms with E-state index < -0.39 is 17.9 Å². The highest BCUT2D eigenvalue weighted by atomic mass is 19.1. The van der Waals surface area contributed by atoms with Gasteiger partial charge >= 0.3 is 0 Å². The summed E-state index contributed by atoms with van der Waals surface area (Å²) in [6, 6.07) is 3.27. The van der Waals surface area contributed by atoms with Gasteiger partial charge in [-0.1, -0.05) is 0 Å². The molecule has 2 rings (SSSR count). The van der Waals surface area contributed by atoms with Crippen LogP contribution in [0.25, 0.3) is 0 Å². The third-order valence-electron chi connectivity index (χ3n) is 2.49. The summed E-state index contributed by atoms with van der Waals surface area (Å²) in [5.74, 6) is -1.24. The minimum absolute atomic E-state index is 0.0682. The second-order valence-corrected chi connectivity index (χ2v) is 3.72. The monoisotopic (exact) mass is 214 g/mol. The van der Waals surface area contributed by atoms with Crippen LogP contribution in [0.3, 0.4) is 0 Å². The van der Waals surface area contributed by atoms with Gasteiger partial charge < -0.3 is 9.47 Å². The Kier molecular flexibility index (Phi) is 2.71. The van der Waals surface area contributed by atoms with E-state index in [2.05, 4.69) is 0 Å². The summed E-state index contributed by atoms with van der Waals surface area (Å²) >= 11 is 0. The Hall–Kier alpha value is -1.00. The van der Waals surface area contributed by atoms with Gasteiger partial charge in [-0.05, 0) is 26.0 Å². The van der Waals surface area contributed by atoms with E-state index in [1.807, 2.05) is 13.8 Å². The van der Waals surface area contributed by atoms with E-state index in [0.717, 1.165) is 6.07 Å². The van der Waals surface area contributed by atoms with Gasteiger partial charge in [-0.3, -0.25) is 0 Å². The molecule has 1 aromatic rings. The molecule has 1 aliphatic heterocycles. The lowest BCUT2D eigenvalue weighted by atomic mass is 10.2. The molecule has 82 valence electrons. The lowest BCUT2D eigenvalue weighted by molar-refractivity contribution is -0.0656. The molecule has 1 fully saturated rings. The maximum absolute atomic E-state index is 12.9. The SMILES string of the molecule is C[C@H]1OC(c2cc(F)cc(F)c2)O[C@@H]1C. The van der Waals surface area contributed by atoms with Crippen LogP contribution in [0.2, 0.25) is 0 Å². The zero-order valence-electron chi connectivity index (χ0n) is 8.54. The third-order valence-corrected chi connectivity index (χ3v) is 2.49. The van der Waals surface area contributed by atoms with Gasteiger partial charge in [-0.15, -0.1) is 0 Å². The van der Waals surface area contributed by atoms with Crippen LogP contribution in [0, 0.1) is 11.6 Å². The van der Waals surface area contributed by atoms with Crippen molar-refractivity contribution >= 4 is 0 Å². The molecule has 4 heteroatoms. The Balaban J connectivity index is 2.23. The van der Waals surface area contributed by atoms with Crippen LogP contribution in [0.5, 0.6) is 0 Å². The highest BCUT2D eigenvalue weighted by Gasteiger charge is 2.31. The van der Waals surface area contributed by atoms with Crippen molar-refractivity contribution in [1.29, 1.82) is 0 Å². The molecule has 1 aromatic carbocycles. The van der Waals surface area contributed by atoms with Gasteiger partial charge in [-0.2, -0.15) is 0 Å². The van der Waals surface area contributed by atoms with E-state index >= 15 is 0 Å². The number of benzene rings is 1. The molecule has 0 saturated carbocycles. The molecule has 2 atom stereocenters. The molecule has 0 aliphatic carbocycles. The van der Waals surface area contributed by atoms with Crippen molar-refractivity contribution in [3.05, 3.63) is 35.4 Å². The van der Waals surface area contributed by atoms with Crippen molar-refractivity contribution in [3.63, 3.8) is 0 Å². The van der Waals surface area contributed by atoms with Crippen LogP contribution < -0.4 is 0 Å². The average Bonchev–Trinajstić information content (AvgIpc) is 2.45. The van der Waals surface area contributed by atoms with Crippen LogP contribution in [0.1, 0.15) is 25.7 Å². The van der Waals surface area contributed by atoms with E-state index in [1.54, 1.807) is 0 Å². The molecule has 2 nitrogen and oxygen atoms in total. The second kappa shape index (κ2) is 3.87. The van der Waals surface area contributed by atoms with Crippen molar-refractivity contribution in [1.82, 2.24) is 0 Å². The van der Waals surface area contributed by atoms with E-state index in [1.165, 1.54) is 12.1 Å².